The molecule has 3 aromatic carbocycles. The summed E-state index contributed by atoms with van der Waals surface area (Å²) in [5.41, 5.74) is 3.28. The number of ether oxygens (including phenoxy) is 1. The van der Waals surface area contributed by atoms with Gasteiger partial charge in [0, 0.05) is 23.7 Å². The van der Waals surface area contributed by atoms with E-state index in [1.165, 1.54) is 6.92 Å². The second-order valence-corrected chi connectivity index (χ2v) is 11.3. The van der Waals surface area contributed by atoms with Crippen LogP contribution in [0.3, 0.4) is 0 Å². The Kier molecular flexibility index (Phi) is 8.01. The maximum atomic E-state index is 14.6. The highest BCUT2D eigenvalue weighted by Gasteiger charge is 2.31. The molecule has 1 aliphatic carbocycles. The van der Waals surface area contributed by atoms with Crippen molar-refractivity contribution in [2.75, 3.05) is 7.11 Å². The highest BCUT2D eigenvalue weighted by atomic mass is 35.5. The summed E-state index contributed by atoms with van der Waals surface area (Å²) < 4.78 is 34.8. The zero-order valence-electron chi connectivity index (χ0n) is 21.7. The first-order valence-electron chi connectivity index (χ1n) is 12.9. The van der Waals surface area contributed by atoms with Crippen molar-refractivity contribution >= 4 is 44.7 Å². The van der Waals surface area contributed by atoms with Crippen molar-refractivity contribution in [3.63, 3.8) is 0 Å². The summed E-state index contributed by atoms with van der Waals surface area (Å²) in [7, 11) is 1.58. The number of carbonyl (C=O) groups excluding carboxylic acids is 2. The van der Waals surface area contributed by atoms with Gasteiger partial charge in [-0.2, -0.15) is 0 Å². The molecule has 1 aromatic heterocycles. The number of ketones is 1. The van der Waals surface area contributed by atoms with Gasteiger partial charge in [-0.15, -0.1) is 11.3 Å². The third-order valence-electron chi connectivity index (χ3n) is 7.40. The molecule has 0 radical (unpaired) electrons. The monoisotopic (exact) mass is 567 g/mol. The van der Waals surface area contributed by atoms with Gasteiger partial charge in [0.05, 0.1) is 22.2 Å². The zero-order valence-corrected chi connectivity index (χ0v) is 23.3. The fourth-order valence-electron chi connectivity index (χ4n) is 5.29. The fourth-order valence-corrected chi connectivity index (χ4v) is 6.79. The third-order valence-corrected chi connectivity index (χ3v) is 9.07. The first-order valence-corrected chi connectivity index (χ1v) is 14.1. The van der Waals surface area contributed by atoms with Gasteiger partial charge in [-0.05, 0) is 55.2 Å². The predicted octanol–water partition coefficient (Wildman–Crippen LogP) is 8.69. The number of halogens is 3. The maximum Gasteiger partial charge on any atom is 0.266 e. The topological polar surface area (TPSA) is 46.6 Å². The SMILES string of the molecule is COc1ccc(-c2ccc(C(C)=O)cc2)cc1CN(C(=O)c1sc2c(F)ccc(F)c2c1Cl)C1CCCCC1. The number of carbonyl (C=O) groups is 2. The van der Waals surface area contributed by atoms with E-state index in [4.69, 9.17) is 16.3 Å². The van der Waals surface area contributed by atoms with Crippen molar-refractivity contribution in [2.45, 2.75) is 51.6 Å². The number of rotatable bonds is 7. The number of fused-ring (bicyclic) bond motifs is 1. The van der Waals surface area contributed by atoms with E-state index in [9.17, 15) is 18.4 Å². The Morgan fingerprint density at radius 1 is 0.974 bits per heavy atom. The largest absolute Gasteiger partial charge is 0.496 e. The fraction of sp³-hybridized carbons (Fsp3) is 0.290. The van der Waals surface area contributed by atoms with Gasteiger partial charge in [0.15, 0.2) is 5.78 Å². The smallest absolute Gasteiger partial charge is 0.266 e. The van der Waals surface area contributed by atoms with Crippen molar-refractivity contribution in [1.29, 1.82) is 0 Å². The highest BCUT2D eigenvalue weighted by Crippen LogP contribution is 2.40. The Bertz CT molecular complexity index is 1540. The van der Waals surface area contributed by atoms with Crippen LogP contribution in [0.15, 0.2) is 54.6 Å². The van der Waals surface area contributed by atoms with Gasteiger partial charge in [-0.1, -0.05) is 61.2 Å². The lowest BCUT2D eigenvalue weighted by molar-refractivity contribution is 0.0617. The van der Waals surface area contributed by atoms with Gasteiger partial charge < -0.3 is 9.64 Å². The molecule has 0 spiro atoms. The first kappa shape index (κ1) is 27.3. The summed E-state index contributed by atoms with van der Waals surface area (Å²) in [6, 6.07) is 15.2. The van der Waals surface area contributed by atoms with E-state index in [2.05, 4.69) is 0 Å². The summed E-state index contributed by atoms with van der Waals surface area (Å²) in [4.78, 5) is 27.7. The van der Waals surface area contributed by atoms with Crippen molar-refractivity contribution in [3.05, 3.63) is 87.3 Å². The summed E-state index contributed by atoms with van der Waals surface area (Å²) in [6.45, 7) is 1.78. The normalized spacial score (nSPS) is 14.0. The summed E-state index contributed by atoms with van der Waals surface area (Å²) >= 11 is 7.41. The van der Waals surface area contributed by atoms with E-state index < -0.39 is 11.6 Å². The van der Waals surface area contributed by atoms with Crippen LogP contribution >= 0.6 is 22.9 Å². The molecule has 202 valence electrons. The van der Waals surface area contributed by atoms with Crippen LogP contribution in [0.2, 0.25) is 5.02 Å². The Morgan fingerprint density at radius 3 is 2.28 bits per heavy atom. The predicted molar refractivity (Wildman–Crippen MR) is 152 cm³/mol. The molecule has 1 fully saturated rings. The standard InChI is InChI=1S/C31H28ClF2NO3S/c1-18(36)19-8-10-20(11-9-19)21-12-15-26(38-2)22(16-21)17-35(23-6-4-3-5-7-23)31(37)30-28(32)27-24(33)13-14-25(34)29(27)39-30/h8-16,23H,3-7,17H2,1-2H3. The van der Waals surface area contributed by atoms with Crippen LogP contribution in [0.1, 0.15) is 64.6 Å². The minimum Gasteiger partial charge on any atom is -0.496 e. The molecular weight excluding hydrogens is 540 g/mol. The first-order chi connectivity index (χ1) is 18.8. The molecule has 4 nitrogen and oxygen atoms in total. The number of Topliss-reactive ketones (excluding diaryl/α,β-unsaturated/α-hetero) is 1. The van der Waals surface area contributed by atoms with Gasteiger partial charge >= 0.3 is 0 Å². The van der Waals surface area contributed by atoms with Gasteiger partial charge in [-0.25, -0.2) is 8.78 Å². The number of benzene rings is 3. The molecule has 8 heteroatoms. The Labute approximate surface area is 235 Å². The number of hydrogen-bond donors (Lipinski definition) is 0. The molecule has 0 saturated heterocycles. The molecule has 1 saturated carbocycles. The molecule has 1 heterocycles. The van der Waals surface area contributed by atoms with Crippen LogP contribution in [0.25, 0.3) is 21.2 Å². The summed E-state index contributed by atoms with van der Waals surface area (Å²) in [5.74, 6) is -0.969. The van der Waals surface area contributed by atoms with E-state index in [1.807, 2.05) is 30.3 Å². The number of nitrogens with zero attached hydrogens (tertiary/aromatic N) is 1. The van der Waals surface area contributed by atoms with Crippen LogP contribution in [-0.2, 0) is 6.54 Å². The molecule has 0 N–H and O–H groups in total. The number of thiophene rings is 1. The molecule has 0 aliphatic heterocycles. The molecule has 1 aliphatic rings. The van der Waals surface area contributed by atoms with Gasteiger partial charge in [0.2, 0.25) is 0 Å². The van der Waals surface area contributed by atoms with Crippen molar-refractivity contribution in [3.8, 4) is 16.9 Å². The highest BCUT2D eigenvalue weighted by molar-refractivity contribution is 7.21. The summed E-state index contributed by atoms with van der Waals surface area (Å²) in [6.07, 6.45) is 4.78. The minimum atomic E-state index is -0.652. The molecule has 4 aromatic rings. The van der Waals surface area contributed by atoms with E-state index in [1.54, 1.807) is 24.1 Å². The van der Waals surface area contributed by atoms with Crippen molar-refractivity contribution in [2.24, 2.45) is 0 Å². The molecule has 0 unspecified atom stereocenters. The Morgan fingerprint density at radius 2 is 1.64 bits per heavy atom. The molecule has 1 amide bonds. The van der Waals surface area contributed by atoms with E-state index in [0.29, 0.717) is 11.3 Å². The van der Waals surface area contributed by atoms with Gasteiger partial charge in [0.25, 0.3) is 5.91 Å². The van der Waals surface area contributed by atoms with Gasteiger partial charge in [-0.3, -0.25) is 9.59 Å². The second kappa shape index (κ2) is 11.4. The molecular formula is C31H28ClF2NO3S. The van der Waals surface area contributed by atoms with E-state index in [0.717, 1.165) is 72.3 Å². The van der Waals surface area contributed by atoms with Gasteiger partial charge in [0.1, 0.15) is 22.3 Å². The number of amides is 1. The second-order valence-electron chi connectivity index (χ2n) is 9.86. The zero-order chi connectivity index (χ0) is 27.7. The molecule has 5 rings (SSSR count). The van der Waals surface area contributed by atoms with Crippen molar-refractivity contribution < 1.29 is 23.1 Å². The van der Waals surface area contributed by atoms with Crippen LogP contribution in [0, 0.1) is 11.6 Å². The number of methoxy groups -OCH3 is 1. The average Bonchev–Trinajstić information content (AvgIpc) is 3.32. The lowest BCUT2D eigenvalue weighted by Crippen LogP contribution is -2.40. The van der Waals surface area contributed by atoms with Crippen molar-refractivity contribution in [1.82, 2.24) is 4.90 Å². The lowest BCUT2D eigenvalue weighted by atomic mass is 9.93. The Hall–Kier alpha value is -3.29. The van der Waals surface area contributed by atoms with Crippen LogP contribution in [0.5, 0.6) is 5.75 Å². The lowest BCUT2D eigenvalue weighted by Gasteiger charge is -2.34. The van der Waals surface area contributed by atoms with E-state index >= 15 is 0 Å². The minimum absolute atomic E-state index is 0.00160. The average molecular weight is 568 g/mol. The third kappa shape index (κ3) is 5.43. The Balaban J connectivity index is 1.55. The molecule has 39 heavy (non-hydrogen) atoms. The molecule has 0 bridgehead atoms. The van der Waals surface area contributed by atoms with Crippen LogP contribution in [0.4, 0.5) is 8.78 Å². The summed E-state index contributed by atoms with van der Waals surface area (Å²) in [5, 5.41) is -0.105. The maximum absolute atomic E-state index is 14.6. The number of hydrogen-bond acceptors (Lipinski definition) is 4. The van der Waals surface area contributed by atoms with Crippen LogP contribution < -0.4 is 4.74 Å². The quantitative estimate of drug-likeness (QED) is 0.210. The van der Waals surface area contributed by atoms with E-state index in [-0.39, 0.29) is 44.3 Å². The van der Waals surface area contributed by atoms with Crippen LogP contribution in [-0.4, -0.2) is 29.7 Å². The molecule has 0 atom stereocenters.